The highest BCUT2D eigenvalue weighted by atomic mass is 32.2. The van der Waals surface area contributed by atoms with Gasteiger partial charge in [0.1, 0.15) is 5.75 Å². The number of hydrogen-bond donors (Lipinski definition) is 2. The smallest absolute Gasteiger partial charge is 0.255 e. The molecule has 24 heavy (non-hydrogen) atoms. The number of nitrogens with two attached hydrogens (primary N) is 1. The average molecular weight is 343 g/mol. The van der Waals surface area contributed by atoms with E-state index in [0.717, 1.165) is 10.6 Å². The van der Waals surface area contributed by atoms with Gasteiger partial charge in [-0.15, -0.1) is 11.8 Å². The number of amides is 2. The summed E-state index contributed by atoms with van der Waals surface area (Å²) in [6.07, 6.45) is 6.66. The van der Waals surface area contributed by atoms with Crippen LogP contribution >= 0.6 is 11.8 Å². The molecule has 3 N–H and O–H groups in total. The van der Waals surface area contributed by atoms with Gasteiger partial charge in [0.05, 0.1) is 16.9 Å². The topological polar surface area (TPSA) is 94.3 Å². The Morgan fingerprint density at radius 2 is 2.00 bits per heavy atom. The lowest BCUT2D eigenvalue weighted by Gasteiger charge is -2.04. The van der Waals surface area contributed by atoms with Crippen LogP contribution in [-0.4, -0.2) is 29.7 Å². The summed E-state index contributed by atoms with van der Waals surface area (Å²) in [5, 5.41) is 3.62. The van der Waals surface area contributed by atoms with Crippen molar-refractivity contribution in [1.82, 2.24) is 4.98 Å². The summed E-state index contributed by atoms with van der Waals surface area (Å²) in [6.45, 7) is -0.166. The number of carbonyl (C=O) groups is 2. The summed E-state index contributed by atoms with van der Waals surface area (Å²) in [4.78, 5) is 26.7. The Labute approximate surface area is 144 Å². The molecule has 2 rings (SSSR count). The van der Waals surface area contributed by atoms with Crippen LogP contribution in [-0.2, 0) is 9.59 Å². The van der Waals surface area contributed by atoms with E-state index in [4.69, 9.17) is 10.5 Å². The van der Waals surface area contributed by atoms with Crippen LogP contribution in [0.4, 0.5) is 5.69 Å². The molecule has 0 aliphatic rings. The molecule has 0 aliphatic carbocycles. The number of benzene rings is 1. The molecule has 6 nitrogen and oxygen atoms in total. The third kappa shape index (κ3) is 5.77. The Hall–Kier alpha value is -2.80. The Balaban J connectivity index is 1.89. The van der Waals surface area contributed by atoms with Crippen molar-refractivity contribution in [1.29, 1.82) is 0 Å². The lowest BCUT2D eigenvalue weighted by molar-refractivity contribution is -0.120. The normalized spacial score (nSPS) is 10.5. The van der Waals surface area contributed by atoms with E-state index in [-0.39, 0.29) is 12.5 Å². The number of rotatable bonds is 7. The van der Waals surface area contributed by atoms with Gasteiger partial charge in [-0.25, -0.2) is 4.98 Å². The first-order chi connectivity index (χ1) is 11.6. The van der Waals surface area contributed by atoms with Gasteiger partial charge in [-0.3, -0.25) is 9.59 Å². The average Bonchev–Trinajstić information content (AvgIpc) is 2.59. The first-order valence-electron chi connectivity index (χ1n) is 7.07. The number of nitrogens with zero attached hydrogens (tertiary/aromatic N) is 1. The zero-order valence-corrected chi connectivity index (χ0v) is 13.9. The minimum absolute atomic E-state index is 0.166. The van der Waals surface area contributed by atoms with Crippen molar-refractivity contribution in [2.75, 3.05) is 18.2 Å². The fourth-order valence-corrected chi connectivity index (χ4v) is 2.12. The highest BCUT2D eigenvalue weighted by Gasteiger charge is 2.00. The van der Waals surface area contributed by atoms with Crippen LogP contribution in [0.25, 0.3) is 6.08 Å². The molecule has 0 aliphatic heterocycles. The quantitative estimate of drug-likeness (QED) is 0.594. The monoisotopic (exact) mass is 343 g/mol. The maximum atomic E-state index is 11.9. The van der Waals surface area contributed by atoms with Crippen LogP contribution in [0.15, 0.2) is 53.7 Å². The van der Waals surface area contributed by atoms with Crippen molar-refractivity contribution < 1.29 is 14.3 Å². The number of pyridine rings is 1. The van der Waals surface area contributed by atoms with E-state index in [1.807, 2.05) is 12.3 Å². The van der Waals surface area contributed by atoms with Crippen LogP contribution in [0, 0.1) is 0 Å². The summed E-state index contributed by atoms with van der Waals surface area (Å²) in [5.74, 6) is -0.242. The molecule has 0 fully saturated rings. The Morgan fingerprint density at radius 1 is 1.25 bits per heavy atom. The highest BCUT2D eigenvalue weighted by Crippen LogP contribution is 2.15. The van der Waals surface area contributed by atoms with Gasteiger partial charge in [0.15, 0.2) is 6.61 Å². The van der Waals surface area contributed by atoms with Gasteiger partial charge >= 0.3 is 0 Å². The molecule has 1 aromatic heterocycles. The minimum Gasteiger partial charge on any atom is -0.484 e. The van der Waals surface area contributed by atoms with Crippen LogP contribution in [0.5, 0.6) is 5.75 Å². The van der Waals surface area contributed by atoms with E-state index in [1.165, 1.54) is 17.8 Å². The number of nitrogens with one attached hydrogen (secondary N) is 1. The maximum absolute atomic E-state index is 11.9. The molecule has 2 aromatic rings. The van der Waals surface area contributed by atoms with Crippen molar-refractivity contribution >= 4 is 35.3 Å². The number of ether oxygens (including phenoxy) is 1. The van der Waals surface area contributed by atoms with Crippen molar-refractivity contribution in [3.63, 3.8) is 0 Å². The van der Waals surface area contributed by atoms with E-state index < -0.39 is 5.91 Å². The molecule has 1 heterocycles. The molecule has 0 saturated carbocycles. The number of primary amides is 1. The zero-order chi connectivity index (χ0) is 17.4. The number of carbonyl (C=O) groups excluding carboxylic acids is 2. The fourth-order valence-electron chi connectivity index (χ4n) is 1.76. The summed E-state index contributed by atoms with van der Waals surface area (Å²) >= 11 is 1.54. The minimum atomic E-state index is -0.532. The number of thioether (sulfide) groups is 1. The van der Waals surface area contributed by atoms with Crippen LogP contribution in [0.2, 0.25) is 0 Å². The molecule has 0 unspecified atom stereocenters. The second-order valence-electron chi connectivity index (χ2n) is 4.74. The predicted octanol–water partition coefficient (Wildman–Crippen LogP) is 2.32. The highest BCUT2D eigenvalue weighted by molar-refractivity contribution is 7.98. The molecule has 2 amide bonds. The largest absolute Gasteiger partial charge is 0.484 e. The third-order valence-electron chi connectivity index (χ3n) is 2.90. The lowest BCUT2D eigenvalue weighted by atomic mass is 10.2. The predicted molar refractivity (Wildman–Crippen MR) is 94.8 cm³/mol. The van der Waals surface area contributed by atoms with Crippen molar-refractivity contribution in [3.8, 4) is 5.75 Å². The van der Waals surface area contributed by atoms with E-state index in [9.17, 15) is 9.59 Å². The van der Waals surface area contributed by atoms with Gasteiger partial charge in [-0.05, 0) is 42.2 Å². The summed E-state index contributed by atoms with van der Waals surface area (Å²) in [5.41, 5.74) is 6.47. The lowest BCUT2D eigenvalue weighted by Crippen LogP contribution is -2.19. The van der Waals surface area contributed by atoms with Crippen molar-refractivity contribution in [2.24, 2.45) is 5.73 Å². The molecular weight excluding hydrogens is 326 g/mol. The standard InChI is InChI=1S/C17H17N3O3S/c1-24-17-9-5-13(10-19-17)20-16(22)8-4-12-2-6-14(7-3-12)23-11-15(18)21/h2-10H,11H2,1H3,(H2,18,21)(H,20,22)/b8-4+. The molecule has 0 bridgehead atoms. The SMILES string of the molecule is CSc1ccc(NC(=O)/C=C/c2ccc(OCC(N)=O)cc2)cn1. The zero-order valence-electron chi connectivity index (χ0n) is 13.1. The van der Waals surface area contributed by atoms with Gasteiger partial charge in [0, 0.05) is 6.08 Å². The molecule has 0 saturated heterocycles. The summed E-state index contributed by atoms with van der Waals surface area (Å²) in [7, 11) is 0. The molecular formula is C17H17N3O3S. The van der Waals surface area contributed by atoms with E-state index >= 15 is 0 Å². The first-order valence-corrected chi connectivity index (χ1v) is 8.29. The van der Waals surface area contributed by atoms with Gasteiger partial charge in [-0.1, -0.05) is 12.1 Å². The van der Waals surface area contributed by atoms with Gasteiger partial charge < -0.3 is 15.8 Å². The second-order valence-corrected chi connectivity index (χ2v) is 5.56. The number of hydrogen-bond acceptors (Lipinski definition) is 5. The molecule has 124 valence electrons. The Morgan fingerprint density at radius 3 is 2.58 bits per heavy atom. The van der Waals surface area contributed by atoms with Crippen LogP contribution in [0.1, 0.15) is 5.56 Å². The summed E-state index contributed by atoms with van der Waals surface area (Å²) < 4.78 is 5.16. The molecule has 0 atom stereocenters. The number of anilines is 1. The summed E-state index contributed by atoms with van der Waals surface area (Å²) in [6, 6.07) is 10.6. The second kappa shape index (κ2) is 8.73. The first kappa shape index (κ1) is 17.6. The van der Waals surface area contributed by atoms with Gasteiger partial charge in [0.2, 0.25) is 5.91 Å². The maximum Gasteiger partial charge on any atom is 0.255 e. The van der Waals surface area contributed by atoms with E-state index in [2.05, 4.69) is 10.3 Å². The van der Waals surface area contributed by atoms with Crippen LogP contribution < -0.4 is 15.8 Å². The molecule has 0 spiro atoms. The van der Waals surface area contributed by atoms with Gasteiger partial charge in [0.25, 0.3) is 5.91 Å². The van der Waals surface area contributed by atoms with Crippen LogP contribution in [0.3, 0.4) is 0 Å². The molecule has 0 radical (unpaired) electrons. The van der Waals surface area contributed by atoms with Gasteiger partial charge in [-0.2, -0.15) is 0 Å². The third-order valence-corrected chi connectivity index (χ3v) is 3.56. The Kier molecular flexibility index (Phi) is 6.39. The van der Waals surface area contributed by atoms with Crippen molar-refractivity contribution in [2.45, 2.75) is 5.03 Å². The van der Waals surface area contributed by atoms with Crippen molar-refractivity contribution in [3.05, 3.63) is 54.2 Å². The molecule has 7 heteroatoms. The fraction of sp³-hybridized carbons (Fsp3) is 0.118. The number of aromatic nitrogens is 1. The molecule has 1 aromatic carbocycles. The Bertz CT molecular complexity index is 728. The van der Waals surface area contributed by atoms with E-state index in [0.29, 0.717) is 11.4 Å². The van der Waals surface area contributed by atoms with E-state index in [1.54, 1.807) is 42.6 Å².